The van der Waals surface area contributed by atoms with E-state index in [1.807, 2.05) is 0 Å². The van der Waals surface area contributed by atoms with Crippen molar-refractivity contribution in [3.05, 3.63) is 0 Å². The Kier molecular flexibility index (Phi) is 6.22. The number of hydrogen-bond acceptors (Lipinski definition) is 3. The summed E-state index contributed by atoms with van der Waals surface area (Å²) in [6.07, 6.45) is 2.80. The Labute approximate surface area is 94.8 Å². The number of likely N-dealkylation sites (N-methyl/N-ethyl adjacent to an activating group) is 2. The van der Waals surface area contributed by atoms with Gasteiger partial charge in [-0.25, -0.2) is 0 Å². The number of nitrogens with one attached hydrogen (secondary N) is 1. The summed E-state index contributed by atoms with van der Waals surface area (Å²) in [6.45, 7) is 11.7. The first-order valence-electron chi connectivity index (χ1n) is 6.36. The second kappa shape index (κ2) is 7.20. The molecule has 1 heterocycles. The zero-order valence-corrected chi connectivity index (χ0v) is 10.6. The van der Waals surface area contributed by atoms with E-state index in [4.69, 9.17) is 0 Å². The molecule has 0 aliphatic carbocycles. The average molecular weight is 213 g/mol. The second-order valence-corrected chi connectivity index (χ2v) is 4.77. The van der Waals surface area contributed by atoms with E-state index in [2.05, 4.69) is 36.0 Å². The summed E-state index contributed by atoms with van der Waals surface area (Å²) in [5.41, 5.74) is 0. The van der Waals surface area contributed by atoms with E-state index >= 15 is 0 Å². The summed E-state index contributed by atoms with van der Waals surface area (Å²) in [6, 6.07) is 0.610. The van der Waals surface area contributed by atoms with Crippen molar-refractivity contribution >= 4 is 0 Å². The first kappa shape index (κ1) is 12.9. The lowest BCUT2D eigenvalue weighted by Crippen LogP contribution is -2.40. The molecule has 1 saturated heterocycles. The van der Waals surface area contributed by atoms with Gasteiger partial charge in [-0.2, -0.15) is 0 Å². The van der Waals surface area contributed by atoms with Crippen molar-refractivity contribution < 1.29 is 0 Å². The second-order valence-electron chi connectivity index (χ2n) is 4.77. The van der Waals surface area contributed by atoms with Gasteiger partial charge in [-0.15, -0.1) is 0 Å². The van der Waals surface area contributed by atoms with Gasteiger partial charge in [-0.05, 0) is 46.4 Å². The van der Waals surface area contributed by atoms with Gasteiger partial charge >= 0.3 is 0 Å². The topological polar surface area (TPSA) is 18.5 Å². The molecule has 3 nitrogen and oxygen atoms in total. The monoisotopic (exact) mass is 213 g/mol. The standard InChI is InChI=1S/C12H27N3/c1-4-13-12(2)11-14(3)9-10-15-7-5-6-8-15/h12-13H,4-11H2,1-3H3. The molecule has 1 aliphatic rings. The Bertz CT molecular complexity index is 155. The van der Waals surface area contributed by atoms with Gasteiger partial charge < -0.3 is 15.1 Å². The van der Waals surface area contributed by atoms with Crippen molar-refractivity contribution in [1.29, 1.82) is 0 Å². The molecule has 3 heteroatoms. The molecule has 1 aliphatic heterocycles. The van der Waals surface area contributed by atoms with E-state index in [-0.39, 0.29) is 0 Å². The van der Waals surface area contributed by atoms with E-state index in [9.17, 15) is 0 Å². The van der Waals surface area contributed by atoms with Crippen LogP contribution < -0.4 is 5.32 Å². The largest absolute Gasteiger partial charge is 0.313 e. The van der Waals surface area contributed by atoms with Crippen LogP contribution in [0.2, 0.25) is 0 Å². The smallest absolute Gasteiger partial charge is 0.0166 e. The zero-order chi connectivity index (χ0) is 11.1. The van der Waals surface area contributed by atoms with E-state index in [0.29, 0.717) is 6.04 Å². The first-order chi connectivity index (χ1) is 7.22. The minimum Gasteiger partial charge on any atom is -0.313 e. The fraction of sp³-hybridized carbons (Fsp3) is 1.00. The van der Waals surface area contributed by atoms with Crippen LogP contribution >= 0.6 is 0 Å². The third-order valence-electron chi connectivity index (χ3n) is 3.13. The number of nitrogens with zero attached hydrogens (tertiary/aromatic N) is 2. The SMILES string of the molecule is CCNC(C)CN(C)CCN1CCCC1. The summed E-state index contributed by atoms with van der Waals surface area (Å²) in [5, 5.41) is 3.45. The molecular weight excluding hydrogens is 186 g/mol. The predicted molar refractivity (Wildman–Crippen MR) is 66.3 cm³/mol. The molecule has 1 N–H and O–H groups in total. The molecule has 0 bridgehead atoms. The summed E-state index contributed by atoms with van der Waals surface area (Å²) >= 11 is 0. The maximum atomic E-state index is 3.45. The molecule has 0 radical (unpaired) electrons. The molecule has 1 rings (SSSR count). The van der Waals surface area contributed by atoms with Crippen molar-refractivity contribution in [1.82, 2.24) is 15.1 Å². The lowest BCUT2D eigenvalue weighted by atomic mass is 10.3. The van der Waals surface area contributed by atoms with Crippen molar-refractivity contribution in [2.75, 3.05) is 46.3 Å². The van der Waals surface area contributed by atoms with Crippen molar-refractivity contribution in [2.24, 2.45) is 0 Å². The van der Waals surface area contributed by atoms with Gasteiger partial charge in [0.2, 0.25) is 0 Å². The van der Waals surface area contributed by atoms with E-state index < -0.39 is 0 Å². The van der Waals surface area contributed by atoms with Crippen molar-refractivity contribution in [3.63, 3.8) is 0 Å². The molecule has 1 atom stereocenters. The Balaban J connectivity index is 2.04. The van der Waals surface area contributed by atoms with Gasteiger partial charge in [0.25, 0.3) is 0 Å². The summed E-state index contributed by atoms with van der Waals surface area (Å²) in [7, 11) is 2.23. The highest BCUT2D eigenvalue weighted by Crippen LogP contribution is 2.06. The lowest BCUT2D eigenvalue weighted by Gasteiger charge is -2.24. The molecule has 90 valence electrons. The van der Waals surface area contributed by atoms with E-state index in [0.717, 1.165) is 13.1 Å². The maximum Gasteiger partial charge on any atom is 0.0166 e. The third kappa shape index (κ3) is 5.50. The van der Waals surface area contributed by atoms with E-state index in [1.165, 1.54) is 39.0 Å². The molecule has 0 spiro atoms. The number of rotatable bonds is 7. The molecule has 0 amide bonds. The van der Waals surface area contributed by atoms with Crippen molar-refractivity contribution in [3.8, 4) is 0 Å². The van der Waals surface area contributed by atoms with Crippen LogP contribution in [0.25, 0.3) is 0 Å². The highest BCUT2D eigenvalue weighted by atomic mass is 15.2. The Hall–Kier alpha value is -0.120. The normalized spacial score (nSPS) is 20.0. The molecule has 1 fully saturated rings. The third-order valence-corrected chi connectivity index (χ3v) is 3.13. The average Bonchev–Trinajstić information content (AvgIpc) is 2.67. The number of likely N-dealkylation sites (tertiary alicyclic amines) is 1. The fourth-order valence-electron chi connectivity index (χ4n) is 2.29. The molecule has 0 saturated carbocycles. The van der Waals surface area contributed by atoms with Gasteiger partial charge in [0.1, 0.15) is 0 Å². The molecule has 1 unspecified atom stereocenters. The number of hydrogen-bond donors (Lipinski definition) is 1. The maximum absolute atomic E-state index is 3.45. The minimum absolute atomic E-state index is 0.610. The van der Waals surface area contributed by atoms with Crippen LogP contribution in [0.5, 0.6) is 0 Å². The Morgan fingerprint density at radius 3 is 2.60 bits per heavy atom. The summed E-state index contributed by atoms with van der Waals surface area (Å²) < 4.78 is 0. The van der Waals surface area contributed by atoms with Crippen molar-refractivity contribution in [2.45, 2.75) is 32.7 Å². The Morgan fingerprint density at radius 1 is 1.33 bits per heavy atom. The molecule has 15 heavy (non-hydrogen) atoms. The van der Waals surface area contributed by atoms with Crippen LogP contribution in [0.4, 0.5) is 0 Å². The van der Waals surface area contributed by atoms with Crippen LogP contribution in [0, 0.1) is 0 Å². The quantitative estimate of drug-likeness (QED) is 0.681. The minimum atomic E-state index is 0.610. The van der Waals surface area contributed by atoms with Gasteiger partial charge in [-0.1, -0.05) is 6.92 Å². The van der Waals surface area contributed by atoms with Crippen LogP contribution in [-0.2, 0) is 0 Å². The van der Waals surface area contributed by atoms with Crippen LogP contribution in [-0.4, -0.2) is 62.2 Å². The molecular formula is C12H27N3. The zero-order valence-electron chi connectivity index (χ0n) is 10.6. The fourth-order valence-corrected chi connectivity index (χ4v) is 2.29. The lowest BCUT2D eigenvalue weighted by molar-refractivity contribution is 0.242. The molecule has 0 aromatic carbocycles. The Morgan fingerprint density at radius 2 is 2.00 bits per heavy atom. The highest BCUT2D eigenvalue weighted by molar-refractivity contribution is 4.69. The molecule has 0 aromatic rings. The summed E-state index contributed by atoms with van der Waals surface area (Å²) in [4.78, 5) is 5.01. The van der Waals surface area contributed by atoms with Gasteiger partial charge in [0.15, 0.2) is 0 Å². The van der Waals surface area contributed by atoms with Crippen LogP contribution in [0.15, 0.2) is 0 Å². The van der Waals surface area contributed by atoms with Gasteiger partial charge in [-0.3, -0.25) is 0 Å². The van der Waals surface area contributed by atoms with E-state index in [1.54, 1.807) is 0 Å². The first-order valence-corrected chi connectivity index (χ1v) is 6.36. The summed E-state index contributed by atoms with van der Waals surface area (Å²) in [5.74, 6) is 0. The van der Waals surface area contributed by atoms with Crippen LogP contribution in [0.1, 0.15) is 26.7 Å². The van der Waals surface area contributed by atoms with Gasteiger partial charge in [0, 0.05) is 25.7 Å². The predicted octanol–water partition coefficient (Wildman–Crippen LogP) is 1.01. The van der Waals surface area contributed by atoms with Crippen LogP contribution in [0.3, 0.4) is 0 Å². The molecule has 0 aromatic heterocycles. The van der Waals surface area contributed by atoms with Gasteiger partial charge in [0.05, 0.1) is 0 Å². The highest BCUT2D eigenvalue weighted by Gasteiger charge is 2.12.